The van der Waals surface area contributed by atoms with Crippen LogP contribution in [0.1, 0.15) is 28.9 Å². The number of benzene rings is 1. The number of carbonyl (C=O) groups excluding carboxylic acids is 1. The van der Waals surface area contributed by atoms with Crippen LogP contribution in [0.2, 0.25) is 0 Å². The first kappa shape index (κ1) is 20.2. The number of amides is 1. The number of halogens is 3. The molecule has 3 rings (SSSR count). The van der Waals surface area contributed by atoms with Crippen molar-refractivity contribution in [1.29, 1.82) is 0 Å². The summed E-state index contributed by atoms with van der Waals surface area (Å²) in [6.07, 6.45) is 2.61. The fraction of sp³-hybridized carbons (Fsp3) is 0.438. The van der Waals surface area contributed by atoms with Crippen LogP contribution in [-0.4, -0.2) is 44.7 Å². The van der Waals surface area contributed by atoms with Gasteiger partial charge in [-0.05, 0) is 44.1 Å². The number of aromatic nitrogens is 3. The van der Waals surface area contributed by atoms with Gasteiger partial charge in [0.2, 0.25) is 0 Å². The van der Waals surface area contributed by atoms with Crippen molar-refractivity contribution in [2.24, 2.45) is 0 Å². The van der Waals surface area contributed by atoms with Gasteiger partial charge in [0.1, 0.15) is 11.6 Å². The summed E-state index contributed by atoms with van der Waals surface area (Å²) in [7, 11) is 0. The number of piperidine rings is 1. The number of nitrogens with one attached hydrogen (secondary N) is 2. The highest BCUT2D eigenvalue weighted by atomic mass is 35.5. The molecule has 26 heavy (non-hydrogen) atoms. The van der Waals surface area contributed by atoms with Crippen molar-refractivity contribution in [3.63, 3.8) is 0 Å². The van der Waals surface area contributed by atoms with Crippen LogP contribution in [0.15, 0.2) is 24.4 Å². The van der Waals surface area contributed by atoms with Crippen molar-refractivity contribution in [3.8, 4) is 0 Å². The van der Waals surface area contributed by atoms with Crippen molar-refractivity contribution in [3.05, 3.63) is 47.3 Å². The van der Waals surface area contributed by atoms with E-state index in [1.165, 1.54) is 10.9 Å². The molecule has 1 aromatic carbocycles. The summed E-state index contributed by atoms with van der Waals surface area (Å²) < 4.78 is 28.1. The normalized spacial score (nSPS) is 16.0. The van der Waals surface area contributed by atoms with Crippen LogP contribution in [0, 0.1) is 11.6 Å². The Bertz CT molecular complexity index is 765. The Hall–Kier alpha value is -2.10. The van der Waals surface area contributed by atoms with Crippen LogP contribution in [0.25, 0.3) is 0 Å². The molecule has 142 valence electrons. The summed E-state index contributed by atoms with van der Waals surface area (Å²) >= 11 is 0. The molecule has 1 amide bonds. The fourth-order valence-electron chi connectivity index (χ4n) is 2.78. The minimum Gasteiger partial charge on any atom is -0.388 e. The third-order valence-corrected chi connectivity index (χ3v) is 4.21. The van der Waals surface area contributed by atoms with E-state index in [4.69, 9.17) is 0 Å². The molecule has 1 aromatic heterocycles. The van der Waals surface area contributed by atoms with E-state index in [1.807, 2.05) is 0 Å². The molecular weight excluding hydrogens is 368 g/mol. The van der Waals surface area contributed by atoms with Gasteiger partial charge in [-0.15, -0.1) is 17.5 Å². The van der Waals surface area contributed by atoms with Gasteiger partial charge in [0.25, 0.3) is 5.91 Å². The number of rotatable bonds is 5. The molecule has 1 aliphatic heterocycles. The van der Waals surface area contributed by atoms with Gasteiger partial charge in [-0.2, -0.15) is 0 Å². The molecule has 0 spiro atoms. The van der Waals surface area contributed by atoms with Gasteiger partial charge < -0.3 is 15.7 Å². The Balaban J connectivity index is 0.00000243. The van der Waals surface area contributed by atoms with E-state index >= 15 is 0 Å². The molecule has 3 N–H and O–H groups in total. The zero-order valence-electron chi connectivity index (χ0n) is 13.9. The SMILES string of the molecule is Cl.O=C(NCc1cc(F)ccc1F)c1cn(CC2(O)CCNCC2)nn1. The van der Waals surface area contributed by atoms with Crippen molar-refractivity contribution in [2.45, 2.75) is 31.5 Å². The number of hydrogen-bond donors (Lipinski definition) is 3. The minimum atomic E-state index is -0.878. The molecule has 1 aliphatic rings. The third-order valence-electron chi connectivity index (χ3n) is 4.21. The summed E-state index contributed by atoms with van der Waals surface area (Å²) in [6.45, 7) is 1.52. The lowest BCUT2D eigenvalue weighted by Gasteiger charge is -2.32. The Morgan fingerprint density at radius 3 is 2.81 bits per heavy atom. The number of nitrogens with zero attached hydrogens (tertiary/aromatic N) is 3. The van der Waals surface area contributed by atoms with Gasteiger partial charge in [-0.25, -0.2) is 13.5 Å². The molecule has 0 unspecified atom stereocenters. The van der Waals surface area contributed by atoms with Crippen LogP contribution >= 0.6 is 12.4 Å². The van der Waals surface area contributed by atoms with Crippen LogP contribution in [0.4, 0.5) is 8.78 Å². The Labute approximate surface area is 155 Å². The maximum atomic E-state index is 13.5. The monoisotopic (exact) mass is 387 g/mol. The summed E-state index contributed by atoms with van der Waals surface area (Å²) in [5, 5.41) is 23.7. The van der Waals surface area contributed by atoms with Crippen molar-refractivity contribution >= 4 is 18.3 Å². The van der Waals surface area contributed by atoms with Crippen LogP contribution in [-0.2, 0) is 13.1 Å². The topological polar surface area (TPSA) is 92.1 Å². The quantitative estimate of drug-likeness (QED) is 0.712. The van der Waals surface area contributed by atoms with E-state index in [2.05, 4.69) is 20.9 Å². The second-order valence-corrected chi connectivity index (χ2v) is 6.19. The molecular formula is C16H20ClF2N5O2. The lowest BCUT2D eigenvalue weighted by molar-refractivity contribution is -0.00866. The molecule has 2 aromatic rings. The molecule has 0 atom stereocenters. The van der Waals surface area contributed by atoms with E-state index in [0.29, 0.717) is 12.8 Å². The van der Waals surface area contributed by atoms with Crippen molar-refractivity contribution in [2.75, 3.05) is 13.1 Å². The Kier molecular flexibility index (Phi) is 6.63. The van der Waals surface area contributed by atoms with E-state index in [-0.39, 0.29) is 36.8 Å². The highest BCUT2D eigenvalue weighted by Crippen LogP contribution is 2.19. The number of hydrogen-bond acceptors (Lipinski definition) is 5. The van der Waals surface area contributed by atoms with E-state index < -0.39 is 23.1 Å². The Morgan fingerprint density at radius 1 is 1.35 bits per heavy atom. The zero-order valence-corrected chi connectivity index (χ0v) is 14.7. The summed E-state index contributed by atoms with van der Waals surface area (Å²) in [5.74, 6) is -1.72. The number of carbonyl (C=O) groups is 1. The first-order valence-corrected chi connectivity index (χ1v) is 8.01. The lowest BCUT2D eigenvalue weighted by Crippen LogP contribution is -2.44. The average molecular weight is 388 g/mol. The first-order chi connectivity index (χ1) is 12.0. The minimum absolute atomic E-state index is 0. The van der Waals surface area contributed by atoms with Gasteiger partial charge in [0.05, 0.1) is 18.3 Å². The van der Waals surface area contributed by atoms with Crippen LogP contribution < -0.4 is 10.6 Å². The molecule has 7 nitrogen and oxygen atoms in total. The summed E-state index contributed by atoms with van der Waals surface area (Å²) in [4.78, 5) is 12.1. The molecule has 1 saturated heterocycles. The van der Waals surface area contributed by atoms with Gasteiger partial charge in [0.15, 0.2) is 5.69 Å². The summed E-state index contributed by atoms with van der Waals surface area (Å²) in [5.41, 5.74) is -0.781. The molecule has 1 fully saturated rings. The molecule has 0 radical (unpaired) electrons. The molecule has 0 saturated carbocycles. The van der Waals surface area contributed by atoms with Crippen molar-refractivity contribution < 1.29 is 18.7 Å². The molecule has 0 aliphatic carbocycles. The van der Waals surface area contributed by atoms with Crippen molar-refractivity contribution in [1.82, 2.24) is 25.6 Å². The predicted octanol–water partition coefficient (Wildman–Crippen LogP) is 1.02. The fourth-order valence-corrected chi connectivity index (χ4v) is 2.78. The third kappa shape index (κ3) is 4.96. The van der Waals surface area contributed by atoms with Gasteiger partial charge in [-0.3, -0.25) is 4.79 Å². The Morgan fingerprint density at radius 2 is 2.08 bits per heavy atom. The smallest absolute Gasteiger partial charge is 0.273 e. The second-order valence-electron chi connectivity index (χ2n) is 6.19. The first-order valence-electron chi connectivity index (χ1n) is 8.01. The van der Waals surface area contributed by atoms with Crippen LogP contribution in [0.5, 0.6) is 0 Å². The molecule has 10 heteroatoms. The highest BCUT2D eigenvalue weighted by molar-refractivity contribution is 5.91. The zero-order chi connectivity index (χ0) is 17.9. The van der Waals surface area contributed by atoms with E-state index in [9.17, 15) is 18.7 Å². The average Bonchev–Trinajstić information content (AvgIpc) is 3.04. The van der Waals surface area contributed by atoms with E-state index in [0.717, 1.165) is 31.3 Å². The lowest BCUT2D eigenvalue weighted by atomic mass is 9.92. The highest BCUT2D eigenvalue weighted by Gasteiger charge is 2.30. The predicted molar refractivity (Wildman–Crippen MR) is 91.9 cm³/mol. The van der Waals surface area contributed by atoms with Gasteiger partial charge in [-0.1, -0.05) is 5.21 Å². The summed E-state index contributed by atoms with van der Waals surface area (Å²) in [6, 6.07) is 3.05. The maximum Gasteiger partial charge on any atom is 0.273 e. The maximum absolute atomic E-state index is 13.5. The number of aliphatic hydroxyl groups is 1. The second kappa shape index (κ2) is 8.52. The van der Waals surface area contributed by atoms with Gasteiger partial charge in [0, 0.05) is 12.1 Å². The molecule has 0 bridgehead atoms. The molecule has 2 heterocycles. The van der Waals surface area contributed by atoms with Gasteiger partial charge >= 0.3 is 0 Å². The van der Waals surface area contributed by atoms with Crippen LogP contribution in [0.3, 0.4) is 0 Å². The standard InChI is InChI=1S/C16H19F2N5O2.ClH/c17-12-1-2-13(18)11(7-12)8-20-15(24)14-9-23(22-21-14)10-16(25)3-5-19-6-4-16;/h1-2,7,9,19,25H,3-6,8,10H2,(H,20,24);1H. The van der Waals surface area contributed by atoms with E-state index in [1.54, 1.807) is 0 Å². The largest absolute Gasteiger partial charge is 0.388 e.